The van der Waals surface area contributed by atoms with Crippen molar-refractivity contribution in [3.05, 3.63) is 45.5 Å². The standard InChI is InChI=1S/C13H14BrN3O/c1-8-16-13(17-18-8)7-15-12-5-2-9-6-10(14)3-4-11(9)12/h3-4,6,12,15H,2,5,7H2,1H3. The maximum atomic E-state index is 4.96. The molecule has 18 heavy (non-hydrogen) atoms. The fourth-order valence-corrected chi connectivity index (χ4v) is 2.83. The normalized spacial score (nSPS) is 18.0. The molecule has 1 aromatic carbocycles. The number of aryl methyl sites for hydroxylation is 2. The molecule has 0 bridgehead atoms. The predicted octanol–water partition coefficient (Wildman–Crippen LogP) is 2.92. The molecule has 1 aliphatic rings. The van der Waals surface area contributed by atoms with Crippen molar-refractivity contribution in [1.29, 1.82) is 0 Å². The Hall–Kier alpha value is -1.20. The molecule has 1 atom stereocenters. The highest BCUT2D eigenvalue weighted by Crippen LogP contribution is 2.32. The summed E-state index contributed by atoms with van der Waals surface area (Å²) in [6.45, 7) is 2.45. The smallest absolute Gasteiger partial charge is 0.223 e. The molecule has 1 unspecified atom stereocenters. The average molecular weight is 308 g/mol. The number of benzene rings is 1. The van der Waals surface area contributed by atoms with Crippen LogP contribution in [0, 0.1) is 6.92 Å². The van der Waals surface area contributed by atoms with Crippen LogP contribution in [0.25, 0.3) is 0 Å². The summed E-state index contributed by atoms with van der Waals surface area (Å²) >= 11 is 3.51. The largest absolute Gasteiger partial charge is 0.340 e. The lowest BCUT2D eigenvalue weighted by Crippen LogP contribution is -2.19. The summed E-state index contributed by atoms with van der Waals surface area (Å²) in [6.07, 6.45) is 2.25. The van der Waals surface area contributed by atoms with E-state index in [-0.39, 0.29) is 0 Å². The Morgan fingerprint density at radius 3 is 3.17 bits per heavy atom. The van der Waals surface area contributed by atoms with Crippen LogP contribution in [0.5, 0.6) is 0 Å². The van der Waals surface area contributed by atoms with Gasteiger partial charge in [0, 0.05) is 17.4 Å². The van der Waals surface area contributed by atoms with Gasteiger partial charge < -0.3 is 9.84 Å². The topological polar surface area (TPSA) is 51.0 Å². The van der Waals surface area contributed by atoms with E-state index in [2.05, 4.69) is 49.6 Å². The van der Waals surface area contributed by atoms with E-state index < -0.39 is 0 Å². The van der Waals surface area contributed by atoms with Gasteiger partial charge in [0.25, 0.3) is 0 Å². The molecule has 1 aromatic heterocycles. The van der Waals surface area contributed by atoms with Crippen LogP contribution in [-0.4, -0.2) is 10.1 Å². The molecular weight excluding hydrogens is 294 g/mol. The van der Waals surface area contributed by atoms with Crippen LogP contribution in [0.1, 0.15) is 35.3 Å². The fraction of sp³-hybridized carbons (Fsp3) is 0.385. The summed E-state index contributed by atoms with van der Waals surface area (Å²) in [6, 6.07) is 6.88. The molecule has 0 saturated carbocycles. The van der Waals surface area contributed by atoms with Crippen LogP contribution in [0.15, 0.2) is 27.2 Å². The Labute approximate surface area is 114 Å². The van der Waals surface area contributed by atoms with Gasteiger partial charge in [-0.25, -0.2) is 0 Å². The molecule has 1 aliphatic carbocycles. The van der Waals surface area contributed by atoms with E-state index in [1.54, 1.807) is 6.92 Å². The second-order valence-electron chi connectivity index (χ2n) is 4.54. The zero-order valence-corrected chi connectivity index (χ0v) is 11.7. The molecule has 0 fully saturated rings. The van der Waals surface area contributed by atoms with E-state index in [1.165, 1.54) is 11.1 Å². The predicted molar refractivity (Wildman–Crippen MR) is 71.1 cm³/mol. The number of nitrogens with zero attached hydrogens (tertiary/aromatic N) is 2. The van der Waals surface area contributed by atoms with Gasteiger partial charge in [-0.2, -0.15) is 4.98 Å². The van der Waals surface area contributed by atoms with Crippen molar-refractivity contribution in [3.63, 3.8) is 0 Å². The first-order valence-electron chi connectivity index (χ1n) is 6.03. The highest BCUT2D eigenvalue weighted by molar-refractivity contribution is 9.10. The van der Waals surface area contributed by atoms with Gasteiger partial charge in [-0.1, -0.05) is 27.2 Å². The minimum Gasteiger partial charge on any atom is -0.340 e. The van der Waals surface area contributed by atoms with Crippen molar-refractivity contribution in [3.8, 4) is 0 Å². The summed E-state index contributed by atoms with van der Waals surface area (Å²) in [5, 5.41) is 7.38. The van der Waals surface area contributed by atoms with Crippen molar-refractivity contribution in [2.24, 2.45) is 0 Å². The van der Waals surface area contributed by atoms with E-state index >= 15 is 0 Å². The zero-order valence-electron chi connectivity index (χ0n) is 10.1. The lowest BCUT2D eigenvalue weighted by atomic mass is 10.1. The van der Waals surface area contributed by atoms with Gasteiger partial charge in [0.05, 0.1) is 6.54 Å². The number of hydrogen-bond acceptors (Lipinski definition) is 4. The summed E-state index contributed by atoms with van der Waals surface area (Å²) in [7, 11) is 0. The first-order chi connectivity index (χ1) is 8.72. The maximum Gasteiger partial charge on any atom is 0.223 e. The fourth-order valence-electron chi connectivity index (χ4n) is 2.43. The molecular formula is C13H14BrN3O. The van der Waals surface area contributed by atoms with Crippen molar-refractivity contribution in [2.45, 2.75) is 32.4 Å². The van der Waals surface area contributed by atoms with Gasteiger partial charge in [-0.15, -0.1) is 0 Å². The third-order valence-corrected chi connectivity index (χ3v) is 3.75. The highest BCUT2D eigenvalue weighted by Gasteiger charge is 2.22. The SMILES string of the molecule is Cc1nc(CNC2CCc3cc(Br)ccc32)no1. The molecule has 3 rings (SSSR count). The van der Waals surface area contributed by atoms with Crippen LogP contribution in [0.3, 0.4) is 0 Å². The molecule has 4 nitrogen and oxygen atoms in total. The average Bonchev–Trinajstić information content (AvgIpc) is 2.92. The minimum atomic E-state index is 0.395. The minimum absolute atomic E-state index is 0.395. The Bertz CT molecular complexity index is 567. The van der Waals surface area contributed by atoms with Crippen molar-refractivity contribution < 1.29 is 4.52 Å². The van der Waals surface area contributed by atoms with Crippen LogP contribution in [0.4, 0.5) is 0 Å². The van der Waals surface area contributed by atoms with Gasteiger partial charge in [0.1, 0.15) is 0 Å². The van der Waals surface area contributed by atoms with Gasteiger partial charge in [0.15, 0.2) is 5.82 Å². The van der Waals surface area contributed by atoms with Crippen LogP contribution in [0.2, 0.25) is 0 Å². The Kier molecular flexibility index (Phi) is 3.18. The molecule has 1 heterocycles. The third-order valence-electron chi connectivity index (χ3n) is 3.26. The molecule has 5 heteroatoms. The zero-order chi connectivity index (χ0) is 12.5. The van der Waals surface area contributed by atoms with Crippen LogP contribution in [-0.2, 0) is 13.0 Å². The molecule has 0 saturated heterocycles. The van der Waals surface area contributed by atoms with E-state index in [1.807, 2.05) is 0 Å². The number of hydrogen-bond donors (Lipinski definition) is 1. The number of nitrogens with one attached hydrogen (secondary N) is 1. The number of halogens is 1. The van der Waals surface area contributed by atoms with Crippen molar-refractivity contribution >= 4 is 15.9 Å². The van der Waals surface area contributed by atoms with Crippen LogP contribution >= 0.6 is 15.9 Å². The summed E-state index contributed by atoms with van der Waals surface area (Å²) in [5.41, 5.74) is 2.81. The van der Waals surface area contributed by atoms with Gasteiger partial charge >= 0.3 is 0 Å². The maximum absolute atomic E-state index is 4.96. The molecule has 2 aromatic rings. The lowest BCUT2D eigenvalue weighted by molar-refractivity contribution is 0.383. The summed E-state index contributed by atoms with van der Waals surface area (Å²) in [4.78, 5) is 4.19. The van der Waals surface area contributed by atoms with Crippen molar-refractivity contribution in [1.82, 2.24) is 15.5 Å². The monoisotopic (exact) mass is 307 g/mol. The lowest BCUT2D eigenvalue weighted by Gasteiger charge is -2.12. The van der Waals surface area contributed by atoms with Gasteiger partial charge in [-0.3, -0.25) is 0 Å². The molecule has 0 aliphatic heterocycles. The van der Waals surface area contributed by atoms with E-state index in [0.717, 1.165) is 23.1 Å². The summed E-state index contributed by atoms with van der Waals surface area (Å²) < 4.78 is 6.11. The molecule has 94 valence electrons. The van der Waals surface area contributed by atoms with E-state index in [0.29, 0.717) is 18.5 Å². The number of fused-ring (bicyclic) bond motifs is 1. The Morgan fingerprint density at radius 1 is 1.50 bits per heavy atom. The number of rotatable bonds is 3. The van der Waals surface area contributed by atoms with E-state index in [9.17, 15) is 0 Å². The first-order valence-corrected chi connectivity index (χ1v) is 6.82. The first kappa shape index (κ1) is 11.9. The highest BCUT2D eigenvalue weighted by atomic mass is 79.9. The second kappa shape index (κ2) is 4.82. The Morgan fingerprint density at radius 2 is 2.39 bits per heavy atom. The van der Waals surface area contributed by atoms with Crippen LogP contribution < -0.4 is 5.32 Å². The molecule has 0 amide bonds. The van der Waals surface area contributed by atoms with Gasteiger partial charge in [0.2, 0.25) is 5.89 Å². The van der Waals surface area contributed by atoms with E-state index in [4.69, 9.17) is 4.52 Å². The second-order valence-corrected chi connectivity index (χ2v) is 5.46. The molecule has 0 radical (unpaired) electrons. The molecule has 0 spiro atoms. The Balaban J connectivity index is 1.69. The molecule has 1 N–H and O–H groups in total. The quantitative estimate of drug-likeness (QED) is 0.947. The van der Waals surface area contributed by atoms with Gasteiger partial charge in [-0.05, 0) is 36.1 Å². The van der Waals surface area contributed by atoms with Crippen molar-refractivity contribution in [2.75, 3.05) is 0 Å². The number of aromatic nitrogens is 2. The third kappa shape index (κ3) is 2.33. The summed E-state index contributed by atoms with van der Waals surface area (Å²) in [5.74, 6) is 1.33.